The molecule has 0 fully saturated rings. The number of rotatable bonds is 2. The van der Waals surface area contributed by atoms with Crippen LogP contribution in [0.15, 0.2) is 36.4 Å². The molecule has 0 spiro atoms. The average molecular weight is 239 g/mol. The number of halogens is 1. The highest BCUT2D eigenvalue weighted by molar-refractivity contribution is 5.41. The third kappa shape index (κ3) is 2.57. The molecule has 2 aromatic rings. The molecule has 0 atom stereocenters. The summed E-state index contributed by atoms with van der Waals surface area (Å²) in [5.74, 6) is -0.172. The highest BCUT2D eigenvalue weighted by Gasteiger charge is 2.03. The highest BCUT2D eigenvalue weighted by Crippen LogP contribution is 2.16. The van der Waals surface area contributed by atoms with Crippen LogP contribution in [0.3, 0.4) is 0 Å². The number of aryl methyl sites for hydroxylation is 2. The third-order valence-electron chi connectivity index (χ3n) is 3.04. The summed E-state index contributed by atoms with van der Waals surface area (Å²) in [5.41, 5.74) is 4.57. The Hall–Kier alpha value is -2.14. The Kier molecular flexibility index (Phi) is 3.43. The number of benzene rings is 2. The maximum atomic E-state index is 13.2. The first-order valence-electron chi connectivity index (χ1n) is 5.85. The van der Waals surface area contributed by atoms with E-state index >= 15 is 0 Å². The van der Waals surface area contributed by atoms with Crippen LogP contribution in [0.25, 0.3) is 0 Å². The van der Waals surface area contributed by atoms with Crippen LogP contribution in [-0.4, -0.2) is 0 Å². The molecule has 90 valence electrons. The molecular formula is C16H14FN. The van der Waals surface area contributed by atoms with Gasteiger partial charge >= 0.3 is 0 Å². The quantitative estimate of drug-likeness (QED) is 0.779. The van der Waals surface area contributed by atoms with Crippen molar-refractivity contribution in [2.24, 2.45) is 0 Å². The predicted octanol–water partition coefficient (Wildman–Crippen LogP) is 3.91. The van der Waals surface area contributed by atoms with Crippen LogP contribution in [0.1, 0.15) is 27.8 Å². The molecule has 1 nitrogen and oxygen atoms in total. The average Bonchev–Trinajstić information content (AvgIpc) is 2.34. The normalized spacial score (nSPS) is 10.1. The lowest BCUT2D eigenvalue weighted by Crippen LogP contribution is -1.93. The van der Waals surface area contributed by atoms with E-state index in [2.05, 4.69) is 6.07 Å². The first-order valence-corrected chi connectivity index (χ1v) is 5.85. The van der Waals surface area contributed by atoms with Crippen LogP contribution in [-0.2, 0) is 6.42 Å². The summed E-state index contributed by atoms with van der Waals surface area (Å²) in [4.78, 5) is 0. The largest absolute Gasteiger partial charge is 0.207 e. The van der Waals surface area contributed by atoms with Gasteiger partial charge in [-0.25, -0.2) is 4.39 Å². The standard InChI is InChI=1S/C16H14FN/c1-11-7-13(3-5-15(11)10-18)9-14-4-6-16(17)12(2)8-14/h3-8H,9H2,1-2H3. The van der Waals surface area contributed by atoms with E-state index in [1.54, 1.807) is 13.0 Å². The zero-order valence-corrected chi connectivity index (χ0v) is 10.5. The zero-order chi connectivity index (χ0) is 13.1. The second-order valence-corrected chi connectivity index (χ2v) is 4.52. The van der Waals surface area contributed by atoms with E-state index < -0.39 is 0 Å². The molecule has 0 aromatic heterocycles. The van der Waals surface area contributed by atoms with Gasteiger partial charge in [-0.1, -0.05) is 24.3 Å². The van der Waals surface area contributed by atoms with Gasteiger partial charge in [-0.3, -0.25) is 0 Å². The van der Waals surface area contributed by atoms with Gasteiger partial charge < -0.3 is 0 Å². The first kappa shape index (κ1) is 12.3. The van der Waals surface area contributed by atoms with E-state index in [-0.39, 0.29) is 5.82 Å². The number of hydrogen-bond acceptors (Lipinski definition) is 1. The van der Waals surface area contributed by atoms with Crippen molar-refractivity contribution in [1.29, 1.82) is 5.26 Å². The van der Waals surface area contributed by atoms with Crippen molar-refractivity contribution in [3.63, 3.8) is 0 Å². The molecule has 2 rings (SSSR count). The molecular weight excluding hydrogens is 225 g/mol. The molecule has 0 aliphatic rings. The van der Waals surface area contributed by atoms with Crippen molar-refractivity contribution >= 4 is 0 Å². The van der Waals surface area contributed by atoms with Crippen LogP contribution in [0, 0.1) is 31.0 Å². The number of nitrogens with zero attached hydrogens (tertiary/aromatic N) is 1. The van der Waals surface area contributed by atoms with E-state index in [1.807, 2.05) is 31.2 Å². The molecule has 0 N–H and O–H groups in total. The Morgan fingerprint density at radius 2 is 1.61 bits per heavy atom. The van der Waals surface area contributed by atoms with Crippen LogP contribution in [0.2, 0.25) is 0 Å². The molecule has 0 aliphatic heterocycles. The Labute approximate surface area is 107 Å². The molecule has 2 heteroatoms. The SMILES string of the molecule is Cc1cc(Cc2ccc(C#N)c(C)c2)ccc1F. The van der Waals surface area contributed by atoms with Crippen LogP contribution < -0.4 is 0 Å². The van der Waals surface area contributed by atoms with Crippen molar-refractivity contribution in [2.75, 3.05) is 0 Å². The van der Waals surface area contributed by atoms with E-state index in [4.69, 9.17) is 5.26 Å². The van der Waals surface area contributed by atoms with Gasteiger partial charge in [-0.15, -0.1) is 0 Å². The molecule has 0 unspecified atom stereocenters. The maximum absolute atomic E-state index is 13.2. The summed E-state index contributed by atoms with van der Waals surface area (Å²) >= 11 is 0. The third-order valence-corrected chi connectivity index (χ3v) is 3.04. The molecule has 0 amide bonds. The monoisotopic (exact) mass is 239 g/mol. The van der Waals surface area contributed by atoms with Crippen LogP contribution >= 0.6 is 0 Å². The summed E-state index contributed by atoms with van der Waals surface area (Å²) in [6, 6.07) is 13.1. The molecule has 0 radical (unpaired) electrons. The van der Waals surface area contributed by atoms with Gasteiger partial charge in [0.15, 0.2) is 0 Å². The Bertz CT molecular complexity index is 623. The smallest absolute Gasteiger partial charge is 0.126 e. The molecule has 18 heavy (non-hydrogen) atoms. The summed E-state index contributed by atoms with van der Waals surface area (Å²) in [6.45, 7) is 3.70. The maximum Gasteiger partial charge on any atom is 0.126 e. The molecule has 0 heterocycles. The molecule has 0 saturated heterocycles. The van der Waals surface area contributed by atoms with E-state index in [1.165, 1.54) is 6.07 Å². The molecule has 0 saturated carbocycles. The summed E-state index contributed by atoms with van der Waals surface area (Å²) in [5, 5.41) is 8.87. The Morgan fingerprint density at radius 3 is 2.17 bits per heavy atom. The lowest BCUT2D eigenvalue weighted by molar-refractivity contribution is 0.618. The molecule has 0 aliphatic carbocycles. The van der Waals surface area contributed by atoms with Crippen molar-refractivity contribution < 1.29 is 4.39 Å². The van der Waals surface area contributed by atoms with Gasteiger partial charge in [-0.2, -0.15) is 5.26 Å². The zero-order valence-electron chi connectivity index (χ0n) is 10.5. The van der Waals surface area contributed by atoms with Crippen molar-refractivity contribution in [2.45, 2.75) is 20.3 Å². The van der Waals surface area contributed by atoms with E-state index in [0.29, 0.717) is 11.1 Å². The predicted molar refractivity (Wildman–Crippen MR) is 69.8 cm³/mol. The van der Waals surface area contributed by atoms with Crippen molar-refractivity contribution in [3.8, 4) is 6.07 Å². The van der Waals surface area contributed by atoms with E-state index in [9.17, 15) is 4.39 Å². The van der Waals surface area contributed by atoms with Gasteiger partial charge in [0.1, 0.15) is 5.82 Å². The summed E-state index contributed by atoms with van der Waals surface area (Å²) < 4.78 is 13.2. The first-order chi connectivity index (χ1) is 8.60. The summed E-state index contributed by atoms with van der Waals surface area (Å²) in [6.07, 6.45) is 0.758. The van der Waals surface area contributed by atoms with Crippen molar-refractivity contribution in [3.05, 3.63) is 70.0 Å². The fourth-order valence-corrected chi connectivity index (χ4v) is 2.01. The summed E-state index contributed by atoms with van der Waals surface area (Å²) in [7, 11) is 0. The molecule has 0 bridgehead atoms. The van der Waals surface area contributed by atoms with Crippen LogP contribution in [0.4, 0.5) is 4.39 Å². The number of hydrogen-bond donors (Lipinski definition) is 0. The highest BCUT2D eigenvalue weighted by atomic mass is 19.1. The second-order valence-electron chi connectivity index (χ2n) is 4.52. The van der Waals surface area contributed by atoms with Crippen molar-refractivity contribution in [1.82, 2.24) is 0 Å². The minimum absolute atomic E-state index is 0.172. The fourth-order valence-electron chi connectivity index (χ4n) is 2.01. The van der Waals surface area contributed by atoms with Crippen LogP contribution in [0.5, 0.6) is 0 Å². The van der Waals surface area contributed by atoms with Gasteiger partial charge in [0, 0.05) is 0 Å². The van der Waals surface area contributed by atoms with Gasteiger partial charge in [0.2, 0.25) is 0 Å². The Morgan fingerprint density at radius 1 is 1.00 bits per heavy atom. The lowest BCUT2D eigenvalue weighted by atomic mass is 9.99. The minimum Gasteiger partial charge on any atom is -0.207 e. The number of nitriles is 1. The van der Waals surface area contributed by atoms with Gasteiger partial charge in [-0.05, 0) is 54.7 Å². The second kappa shape index (κ2) is 5.01. The fraction of sp³-hybridized carbons (Fsp3) is 0.188. The lowest BCUT2D eigenvalue weighted by Gasteiger charge is -2.06. The van der Waals surface area contributed by atoms with Gasteiger partial charge in [0.25, 0.3) is 0 Å². The minimum atomic E-state index is -0.172. The van der Waals surface area contributed by atoms with E-state index in [0.717, 1.165) is 23.1 Å². The Balaban J connectivity index is 2.26. The topological polar surface area (TPSA) is 23.8 Å². The molecule has 2 aromatic carbocycles. The van der Waals surface area contributed by atoms with Gasteiger partial charge in [0.05, 0.1) is 11.6 Å².